The summed E-state index contributed by atoms with van der Waals surface area (Å²) < 4.78 is 40.2. The van der Waals surface area contributed by atoms with Crippen molar-refractivity contribution in [3.05, 3.63) is 58.8 Å². The van der Waals surface area contributed by atoms with Crippen LogP contribution >= 0.6 is 0 Å². The maximum Gasteiger partial charge on any atom is 0.406 e. The molecule has 0 saturated carbocycles. The van der Waals surface area contributed by atoms with Crippen LogP contribution in [0.1, 0.15) is 10.5 Å². The van der Waals surface area contributed by atoms with E-state index in [9.17, 15) is 22.8 Å². The molecule has 4 rings (SSSR count). The zero-order valence-electron chi connectivity index (χ0n) is 15.0. The predicted molar refractivity (Wildman–Crippen MR) is 101 cm³/mol. The summed E-state index contributed by atoms with van der Waals surface area (Å²) in [7, 11) is 1.46. The molecule has 10 heteroatoms. The molecule has 148 valence electrons. The third-order valence-electron chi connectivity index (χ3n) is 4.57. The van der Waals surface area contributed by atoms with Crippen molar-refractivity contribution in [1.82, 2.24) is 25.1 Å². The molecule has 0 bridgehead atoms. The van der Waals surface area contributed by atoms with E-state index in [4.69, 9.17) is 0 Å². The predicted octanol–water partition coefficient (Wildman–Crippen LogP) is 2.86. The lowest BCUT2D eigenvalue weighted by molar-refractivity contribution is -0.140. The summed E-state index contributed by atoms with van der Waals surface area (Å²) in [6.45, 7) is -1.44. The number of amides is 1. The molecule has 7 nitrogen and oxygen atoms in total. The molecule has 0 atom stereocenters. The van der Waals surface area contributed by atoms with Crippen LogP contribution in [0.3, 0.4) is 0 Å². The number of alkyl halides is 3. The third kappa shape index (κ3) is 3.22. The average molecular weight is 401 g/mol. The Kier molecular flexibility index (Phi) is 4.33. The fraction of sp³-hybridized carbons (Fsp3) is 0.158. The lowest BCUT2D eigenvalue weighted by Gasteiger charge is -2.15. The van der Waals surface area contributed by atoms with Crippen molar-refractivity contribution in [3.8, 4) is 11.1 Å². The molecule has 3 heterocycles. The quantitative estimate of drug-likeness (QED) is 0.552. The number of hydrogen-bond donors (Lipinski definition) is 2. The standard InChI is InChI=1S/C19H14F3N5O2/c1-23-17(28)16-11(3-2-6-24-16)10-4-5-12-14(7-10)27(9-19(20,21)22)18(29)13-8-25-26-15(12)13/h2-8H,9H2,1H3,(H,23,28)(H,25,26). The zero-order chi connectivity index (χ0) is 20.8. The number of aromatic nitrogens is 4. The second kappa shape index (κ2) is 6.73. The van der Waals surface area contributed by atoms with Gasteiger partial charge in [0.1, 0.15) is 12.2 Å². The van der Waals surface area contributed by atoms with Crippen molar-refractivity contribution < 1.29 is 18.0 Å². The number of nitrogens with one attached hydrogen (secondary N) is 2. The smallest absolute Gasteiger partial charge is 0.354 e. The Morgan fingerprint density at radius 1 is 1.24 bits per heavy atom. The molecule has 1 aromatic carbocycles. The molecule has 1 amide bonds. The summed E-state index contributed by atoms with van der Waals surface area (Å²) in [5.74, 6) is -0.433. The number of carbonyl (C=O) groups excluding carboxylic acids is 1. The SMILES string of the molecule is CNC(=O)c1ncccc1-c1ccc2c3[nH]ncc3c(=O)n(CC(F)(F)F)c2c1. The highest BCUT2D eigenvalue weighted by Gasteiger charge is 2.30. The summed E-state index contributed by atoms with van der Waals surface area (Å²) in [5, 5.41) is 9.43. The van der Waals surface area contributed by atoms with Crippen LogP contribution in [0.4, 0.5) is 13.2 Å². The fourth-order valence-electron chi connectivity index (χ4n) is 3.32. The van der Waals surface area contributed by atoms with Gasteiger partial charge in [0.2, 0.25) is 0 Å². The van der Waals surface area contributed by atoms with Gasteiger partial charge in [-0.2, -0.15) is 18.3 Å². The van der Waals surface area contributed by atoms with Crippen LogP contribution in [0.15, 0.2) is 47.5 Å². The molecule has 2 N–H and O–H groups in total. The van der Waals surface area contributed by atoms with Crippen LogP contribution in [0.2, 0.25) is 0 Å². The van der Waals surface area contributed by atoms with Gasteiger partial charge in [-0.1, -0.05) is 18.2 Å². The Labute approximate surface area is 161 Å². The molecule has 0 aliphatic heterocycles. The highest BCUT2D eigenvalue weighted by atomic mass is 19.4. The van der Waals surface area contributed by atoms with Crippen molar-refractivity contribution in [2.45, 2.75) is 12.7 Å². The van der Waals surface area contributed by atoms with Gasteiger partial charge in [-0.3, -0.25) is 24.2 Å². The van der Waals surface area contributed by atoms with Gasteiger partial charge >= 0.3 is 6.18 Å². The minimum absolute atomic E-state index is 0.0712. The van der Waals surface area contributed by atoms with Crippen molar-refractivity contribution in [2.75, 3.05) is 7.05 Å². The van der Waals surface area contributed by atoms with Crippen molar-refractivity contribution in [1.29, 1.82) is 0 Å². The number of pyridine rings is 2. The maximum atomic E-state index is 13.2. The van der Waals surface area contributed by atoms with Gasteiger partial charge in [0.15, 0.2) is 0 Å². The second-order valence-corrected chi connectivity index (χ2v) is 6.38. The third-order valence-corrected chi connectivity index (χ3v) is 4.57. The van der Waals surface area contributed by atoms with E-state index in [2.05, 4.69) is 20.5 Å². The summed E-state index contributed by atoms with van der Waals surface area (Å²) >= 11 is 0. The van der Waals surface area contributed by atoms with Gasteiger partial charge < -0.3 is 5.32 Å². The Bertz CT molecular complexity index is 1310. The molecular weight excluding hydrogens is 387 g/mol. The Hall–Kier alpha value is -3.69. The van der Waals surface area contributed by atoms with E-state index in [1.165, 1.54) is 25.5 Å². The van der Waals surface area contributed by atoms with Gasteiger partial charge in [-0.25, -0.2) is 0 Å². The molecule has 0 fully saturated rings. The highest BCUT2D eigenvalue weighted by molar-refractivity contribution is 6.05. The van der Waals surface area contributed by atoms with Crippen LogP contribution in [-0.4, -0.2) is 38.9 Å². The molecule has 0 aliphatic carbocycles. The highest BCUT2D eigenvalue weighted by Crippen LogP contribution is 2.30. The number of aromatic amines is 1. The molecule has 0 aliphatic rings. The first-order valence-corrected chi connectivity index (χ1v) is 8.54. The number of halogens is 3. The van der Waals surface area contributed by atoms with Gasteiger partial charge in [0.05, 0.1) is 22.6 Å². The summed E-state index contributed by atoms with van der Waals surface area (Å²) in [5.41, 5.74) is 0.652. The summed E-state index contributed by atoms with van der Waals surface area (Å²) in [6.07, 6.45) is -1.93. The number of fused-ring (bicyclic) bond motifs is 3. The minimum atomic E-state index is -4.59. The van der Waals surface area contributed by atoms with E-state index in [1.807, 2.05) is 0 Å². The molecular formula is C19H14F3N5O2. The van der Waals surface area contributed by atoms with E-state index < -0.39 is 24.2 Å². The monoisotopic (exact) mass is 401 g/mol. The van der Waals surface area contributed by atoms with Crippen molar-refractivity contribution >= 4 is 27.7 Å². The summed E-state index contributed by atoms with van der Waals surface area (Å²) in [6, 6.07) is 7.96. The summed E-state index contributed by atoms with van der Waals surface area (Å²) in [4.78, 5) is 28.9. The van der Waals surface area contributed by atoms with E-state index in [1.54, 1.807) is 24.3 Å². The van der Waals surface area contributed by atoms with E-state index >= 15 is 0 Å². The van der Waals surface area contributed by atoms with Crippen molar-refractivity contribution in [2.24, 2.45) is 0 Å². The molecule has 3 aromatic heterocycles. The molecule has 0 unspecified atom stereocenters. The van der Waals surface area contributed by atoms with Gasteiger partial charge in [0.25, 0.3) is 11.5 Å². The first-order chi connectivity index (χ1) is 13.8. The van der Waals surface area contributed by atoms with Gasteiger partial charge in [0, 0.05) is 24.2 Å². The number of nitrogens with zero attached hydrogens (tertiary/aromatic N) is 3. The average Bonchev–Trinajstić information content (AvgIpc) is 3.19. The second-order valence-electron chi connectivity index (χ2n) is 6.38. The van der Waals surface area contributed by atoms with Gasteiger partial charge in [-0.15, -0.1) is 0 Å². The molecule has 4 aromatic rings. The van der Waals surface area contributed by atoms with E-state index in [0.717, 1.165) is 0 Å². The van der Waals surface area contributed by atoms with E-state index in [0.29, 0.717) is 26.6 Å². The number of hydrogen-bond acceptors (Lipinski definition) is 4. The number of H-pyrrole nitrogens is 1. The minimum Gasteiger partial charge on any atom is -0.354 e. The Morgan fingerprint density at radius 2 is 2.03 bits per heavy atom. The molecule has 0 radical (unpaired) electrons. The van der Waals surface area contributed by atoms with Crippen LogP contribution in [0, 0.1) is 0 Å². The molecule has 29 heavy (non-hydrogen) atoms. The largest absolute Gasteiger partial charge is 0.406 e. The Balaban J connectivity index is 2.04. The maximum absolute atomic E-state index is 13.2. The lowest BCUT2D eigenvalue weighted by atomic mass is 10.0. The fourth-order valence-corrected chi connectivity index (χ4v) is 3.32. The first kappa shape index (κ1) is 18.7. The normalized spacial score (nSPS) is 11.9. The Morgan fingerprint density at radius 3 is 2.76 bits per heavy atom. The van der Waals surface area contributed by atoms with Gasteiger partial charge in [-0.05, 0) is 17.7 Å². The van der Waals surface area contributed by atoms with E-state index in [-0.39, 0.29) is 16.6 Å². The van der Waals surface area contributed by atoms with Crippen molar-refractivity contribution in [3.63, 3.8) is 0 Å². The molecule has 0 saturated heterocycles. The van der Waals surface area contributed by atoms with Crippen LogP contribution in [-0.2, 0) is 6.54 Å². The molecule has 0 spiro atoms. The van der Waals surface area contributed by atoms with Crippen LogP contribution in [0.5, 0.6) is 0 Å². The zero-order valence-corrected chi connectivity index (χ0v) is 15.0. The first-order valence-electron chi connectivity index (χ1n) is 8.54. The lowest BCUT2D eigenvalue weighted by Crippen LogP contribution is -2.28. The topological polar surface area (TPSA) is 92.7 Å². The number of carbonyl (C=O) groups is 1. The van der Waals surface area contributed by atoms with Crippen LogP contribution in [0.25, 0.3) is 32.9 Å². The number of rotatable bonds is 3. The number of benzene rings is 1. The van der Waals surface area contributed by atoms with Crippen LogP contribution < -0.4 is 10.9 Å².